The Morgan fingerprint density at radius 1 is 1.33 bits per heavy atom. The first-order valence-corrected chi connectivity index (χ1v) is 5.58. The predicted octanol–water partition coefficient (Wildman–Crippen LogP) is 0.378. The Labute approximate surface area is 104 Å². The summed E-state index contributed by atoms with van der Waals surface area (Å²) >= 11 is 0. The van der Waals surface area contributed by atoms with Crippen LogP contribution in [0.2, 0.25) is 0 Å². The molecular formula is C12H14N4O2. The molecule has 18 heavy (non-hydrogen) atoms. The van der Waals surface area contributed by atoms with Crippen molar-refractivity contribution in [1.82, 2.24) is 20.1 Å². The van der Waals surface area contributed by atoms with Gasteiger partial charge in [-0.15, -0.1) is 10.2 Å². The molecule has 1 amide bonds. The Kier molecular flexibility index (Phi) is 3.69. The highest BCUT2D eigenvalue weighted by Crippen LogP contribution is 2.08. The quantitative estimate of drug-likeness (QED) is 0.817. The second-order valence-corrected chi connectivity index (χ2v) is 3.98. The largest absolute Gasteiger partial charge is 0.392 e. The van der Waals surface area contributed by atoms with Crippen LogP contribution in [0, 0.1) is 0 Å². The SMILES string of the molecule is CC(O)CNC(=O)c1ccc(-n2cnnc2)cc1. The number of carbonyl (C=O) groups excluding carboxylic acids is 1. The highest BCUT2D eigenvalue weighted by atomic mass is 16.3. The zero-order valence-electron chi connectivity index (χ0n) is 9.95. The predicted molar refractivity (Wildman–Crippen MR) is 65.4 cm³/mol. The lowest BCUT2D eigenvalue weighted by molar-refractivity contribution is 0.0924. The molecule has 0 aliphatic rings. The van der Waals surface area contributed by atoms with Crippen LogP contribution in [0.5, 0.6) is 0 Å². The molecule has 0 saturated heterocycles. The number of rotatable bonds is 4. The van der Waals surface area contributed by atoms with Crippen LogP contribution in [0.3, 0.4) is 0 Å². The molecule has 2 rings (SSSR count). The van der Waals surface area contributed by atoms with Gasteiger partial charge in [0.15, 0.2) is 0 Å². The molecule has 1 atom stereocenters. The minimum absolute atomic E-state index is 0.203. The zero-order valence-corrected chi connectivity index (χ0v) is 9.95. The lowest BCUT2D eigenvalue weighted by atomic mass is 10.2. The van der Waals surface area contributed by atoms with Gasteiger partial charge in [-0.25, -0.2) is 0 Å². The lowest BCUT2D eigenvalue weighted by Gasteiger charge is -2.07. The molecule has 2 aromatic rings. The van der Waals surface area contributed by atoms with Crippen molar-refractivity contribution in [3.8, 4) is 5.69 Å². The van der Waals surface area contributed by atoms with Crippen LogP contribution in [-0.4, -0.2) is 38.4 Å². The number of aliphatic hydroxyl groups is 1. The minimum atomic E-state index is -0.551. The number of aromatic nitrogens is 3. The van der Waals surface area contributed by atoms with Gasteiger partial charge < -0.3 is 10.4 Å². The average molecular weight is 246 g/mol. The van der Waals surface area contributed by atoms with Crippen molar-refractivity contribution in [2.24, 2.45) is 0 Å². The number of nitrogens with one attached hydrogen (secondary N) is 1. The Bertz CT molecular complexity index is 505. The fourth-order valence-corrected chi connectivity index (χ4v) is 1.46. The van der Waals surface area contributed by atoms with E-state index in [4.69, 9.17) is 5.11 Å². The zero-order chi connectivity index (χ0) is 13.0. The van der Waals surface area contributed by atoms with E-state index in [1.54, 1.807) is 48.4 Å². The summed E-state index contributed by atoms with van der Waals surface area (Å²) in [5, 5.41) is 19.1. The maximum Gasteiger partial charge on any atom is 0.251 e. The Hall–Kier alpha value is -2.21. The average Bonchev–Trinajstić information content (AvgIpc) is 2.90. The van der Waals surface area contributed by atoms with Crippen molar-refractivity contribution in [3.63, 3.8) is 0 Å². The third-order valence-electron chi connectivity index (χ3n) is 2.40. The monoisotopic (exact) mass is 246 g/mol. The van der Waals surface area contributed by atoms with Crippen molar-refractivity contribution in [2.45, 2.75) is 13.0 Å². The van der Waals surface area contributed by atoms with Gasteiger partial charge in [0, 0.05) is 17.8 Å². The summed E-state index contributed by atoms with van der Waals surface area (Å²) in [5.74, 6) is -0.203. The highest BCUT2D eigenvalue weighted by molar-refractivity contribution is 5.94. The minimum Gasteiger partial charge on any atom is -0.392 e. The third-order valence-corrected chi connectivity index (χ3v) is 2.40. The molecule has 0 bridgehead atoms. The van der Waals surface area contributed by atoms with Crippen LogP contribution in [-0.2, 0) is 0 Å². The van der Waals surface area contributed by atoms with E-state index in [1.807, 2.05) is 0 Å². The van der Waals surface area contributed by atoms with Crippen LogP contribution in [0.4, 0.5) is 0 Å². The molecule has 6 heteroatoms. The second kappa shape index (κ2) is 5.42. The van der Waals surface area contributed by atoms with E-state index in [2.05, 4.69) is 15.5 Å². The molecule has 1 aromatic heterocycles. The molecule has 0 fully saturated rings. The van der Waals surface area contributed by atoms with Crippen LogP contribution < -0.4 is 5.32 Å². The summed E-state index contributed by atoms with van der Waals surface area (Å²) in [6.07, 6.45) is 2.62. The Balaban J connectivity index is 2.06. The maximum atomic E-state index is 11.7. The first-order chi connectivity index (χ1) is 8.66. The molecule has 1 heterocycles. The molecule has 0 radical (unpaired) electrons. The second-order valence-electron chi connectivity index (χ2n) is 3.98. The van der Waals surface area contributed by atoms with Crippen molar-refractivity contribution in [2.75, 3.05) is 6.54 Å². The summed E-state index contributed by atoms with van der Waals surface area (Å²) < 4.78 is 1.75. The lowest BCUT2D eigenvalue weighted by Crippen LogP contribution is -2.30. The van der Waals surface area contributed by atoms with Crippen LogP contribution in [0.1, 0.15) is 17.3 Å². The summed E-state index contributed by atoms with van der Waals surface area (Å²) in [6, 6.07) is 7.04. The van der Waals surface area contributed by atoms with E-state index in [0.29, 0.717) is 5.56 Å². The number of nitrogens with zero attached hydrogens (tertiary/aromatic N) is 3. The first-order valence-electron chi connectivity index (χ1n) is 5.58. The molecule has 0 spiro atoms. The van der Waals surface area contributed by atoms with Gasteiger partial charge in [0.25, 0.3) is 5.91 Å². The highest BCUT2D eigenvalue weighted by Gasteiger charge is 2.06. The van der Waals surface area contributed by atoms with E-state index in [0.717, 1.165) is 5.69 Å². The molecule has 6 nitrogen and oxygen atoms in total. The van der Waals surface area contributed by atoms with Gasteiger partial charge in [0.1, 0.15) is 12.7 Å². The molecule has 1 unspecified atom stereocenters. The number of hydrogen-bond donors (Lipinski definition) is 2. The van der Waals surface area contributed by atoms with Crippen LogP contribution >= 0.6 is 0 Å². The summed E-state index contributed by atoms with van der Waals surface area (Å²) in [7, 11) is 0. The molecule has 2 N–H and O–H groups in total. The van der Waals surface area contributed by atoms with E-state index in [1.165, 1.54) is 0 Å². The number of amides is 1. The molecule has 94 valence electrons. The van der Waals surface area contributed by atoms with Crippen LogP contribution in [0.15, 0.2) is 36.9 Å². The van der Waals surface area contributed by atoms with Gasteiger partial charge in [-0.05, 0) is 31.2 Å². The van der Waals surface area contributed by atoms with Gasteiger partial charge in [-0.1, -0.05) is 0 Å². The molecule has 0 aliphatic carbocycles. The van der Waals surface area contributed by atoms with E-state index in [9.17, 15) is 4.79 Å². The Morgan fingerprint density at radius 3 is 2.50 bits per heavy atom. The fourth-order valence-electron chi connectivity index (χ4n) is 1.46. The topological polar surface area (TPSA) is 80.0 Å². The van der Waals surface area contributed by atoms with E-state index < -0.39 is 6.10 Å². The summed E-state index contributed by atoms with van der Waals surface area (Å²) in [6.45, 7) is 1.86. The number of benzene rings is 1. The normalized spacial score (nSPS) is 12.1. The maximum absolute atomic E-state index is 11.7. The van der Waals surface area contributed by atoms with E-state index in [-0.39, 0.29) is 12.5 Å². The van der Waals surface area contributed by atoms with E-state index >= 15 is 0 Å². The van der Waals surface area contributed by atoms with Crippen molar-refractivity contribution in [3.05, 3.63) is 42.5 Å². The number of aliphatic hydroxyl groups excluding tert-OH is 1. The summed E-state index contributed by atoms with van der Waals surface area (Å²) in [5.41, 5.74) is 1.43. The number of hydrogen-bond acceptors (Lipinski definition) is 4. The van der Waals surface area contributed by atoms with Crippen LogP contribution in [0.25, 0.3) is 5.69 Å². The van der Waals surface area contributed by atoms with Gasteiger partial charge in [-0.3, -0.25) is 9.36 Å². The van der Waals surface area contributed by atoms with Crippen molar-refractivity contribution in [1.29, 1.82) is 0 Å². The molecule has 0 saturated carbocycles. The smallest absolute Gasteiger partial charge is 0.251 e. The van der Waals surface area contributed by atoms with Gasteiger partial charge in [0.05, 0.1) is 6.10 Å². The summed E-state index contributed by atoms with van der Waals surface area (Å²) in [4.78, 5) is 11.7. The standard InChI is InChI=1S/C12H14N4O2/c1-9(17)6-13-12(18)10-2-4-11(5-3-10)16-7-14-15-8-16/h2-5,7-9,17H,6H2,1H3,(H,13,18). The third kappa shape index (κ3) is 2.92. The van der Waals surface area contributed by atoms with Gasteiger partial charge in [-0.2, -0.15) is 0 Å². The first kappa shape index (κ1) is 12.3. The number of carbonyl (C=O) groups is 1. The van der Waals surface area contributed by atoms with Crippen molar-refractivity contribution < 1.29 is 9.90 Å². The fraction of sp³-hybridized carbons (Fsp3) is 0.250. The van der Waals surface area contributed by atoms with Crippen molar-refractivity contribution >= 4 is 5.91 Å². The van der Waals surface area contributed by atoms with Gasteiger partial charge in [0.2, 0.25) is 0 Å². The Morgan fingerprint density at radius 2 is 1.94 bits per heavy atom. The molecular weight excluding hydrogens is 232 g/mol. The molecule has 0 aliphatic heterocycles. The molecule has 1 aromatic carbocycles. The van der Waals surface area contributed by atoms with Gasteiger partial charge >= 0.3 is 0 Å².